The predicted octanol–water partition coefficient (Wildman–Crippen LogP) is 6.26. The summed E-state index contributed by atoms with van der Waals surface area (Å²) >= 11 is 6.13. The molecule has 0 heterocycles. The van der Waals surface area contributed by atoms with E-state index in [0.29, 0.717) is 17.2 Å². The van der Waals surface area contributed by atoms with Crippen molar-refractivity contribution in [2.24, 2.45) is 0 Å². The summed E-state index contributed by atoms with van der Waals surface area (Å²) < 4.78 is 19.4. The van der Waals surface area contributed by atoms with Crippen molar-refractivity contribution in [3.63, 3.8) is 0 Å². The molecule has 3 aromatic carbocycles. The first-order valence-corrected chi connectivity index (χ1v) is 13.5. The highest BCUT2D eigenvalue weighted by atomic mass is 35.5. The average molecular weight is 537 g/mol. The van der Waals surface area contributed by atoms with Crippen molar-refractivity contribution in [2.75, 3.05) is 6.61 Å². The maximum Gasteiger partial charge on any atom is 0.261 e. The van der Waals surface area contributed by atoms with Gasteiger partial charge in [-0.05, 0) is 66.8 Å². The molecular weight excluding hydrogens is 503 g/mol. The summed E-state index contributed by atoms with van der Waals surface area (Å²) in [6, 6.07) is 20.2. The number of ether oxygens (including phenoxy) is 1. The quantitative estimate of drug-likeness (QED) is 0.333. The number of nitrogens with one attached hydrogen (secondary N) is 1. The smallest absolute Gasteiger partial charge is 0.261 e. The molecule has 1 atom stereocenters. The SMILES string of the molecule is Cc1cc(OCC(=O)N(Cc2ccc(F)cc2)C(Cc2ccccc2)C(=O)NC2CCCCC2)ccc1Cl. The van der Waals surface area contributed by atoms with Gasteiger partial charge in [0.2, 0.25) is 5.91 Å². The first-order valence-electron chi connectivity index (χ1n) is 13.2. The fourth-order valence-electron chi connectivity index (χ4n) is 4.82. The molecule has 1 unspecified atom stereocenters. The Labute approximate surface area is 228 Å². The van der Waals surface area contributed by atoms with E-state index in [1.54, 1.807) is 35.2 Å². The summed E-state index contributed by atoms with van der Waals surface area (Å²) in [5.41, 5.74) is 2.52. The second kappa shape index (κ2) is 13.4. The van der Waals surface area contributed by atoms with E-state index in [1.165, 1.54) is 18.6 Å². The minimum atomic E-state index is -0.757. The molecule has 0 radical (unpaired) electrons. The molecule has 5 nitrogen and oxygen atoms in total. The van der Waals surface area contributed by atoms with Gasteiger partial charge >= 0.3 is 0 Å². The molecule has 0 bridgehead atoms. The number of carbonyl (C=O) groups excluding carboxylic acids is 2. The summed E-state index contributed by atoms with van der Waals surface area (Å²) in [5, 5.41) is 3.82. The van der Waals surface area contributed by atoms with Crippen molar-refractivity contribution in [1.82, 2.24) is 10.2 Å². The number of halogens is 2. The standard InChI is InChI=1S/C31H34ClFN2O3/c1-22-18-27(16-17-28(22)32)38-21-30(36)35(20-24-12-14-25(33)15-13-24)29(19-23-8-4-2-5-9-23)31(37)34-26-10-6-3-7-11-26/h2,4-5,8-9,12-18,26,29H,3,6-7,10-11,19-21H2,1H3,(H,34,37). The van der Waals surface area contributed by atoms with Crippen molar-refractivity contribution in [3.8, 4) is 5.75 Å². The molecule has 3 aromatic rings. The van der Waals surface area contributed by atoms with Crippen LogP contribution in [0.2, 0.25) is 5.02 Å². The summed E-state index contributed by atoms with van der Waals surface area (Å²) in [4.78, 5) is 29.0. The zero-order valence-corrected chi connectivity index (χ0v) is 22.4. The maximum absolute atomic E-state index is 13.7. The van der Waals surface area contributed by atoms with Crippen LogP contribution in [-0.4, -0.2) is 35.4 Å². The van der Waals surface area contributed by atoms with E-state index in [1.807, 2.05) is 37.3 Å². The number of amides is 2. The number of nitrogens with zero attached hydrogens (tertiary/aromatic N) is 1. The maximum atomic E-state index is 13.7. The molecule has 1 aliphatic rings. The van der Waals surface area contributed by atoms with E-state index in [-0.39, 0.29) is 36.8 Å². The predicted molar refractivity (Wildman–Crippen MR) is 148 cm³/mol. The number of hydrogen-bond acceptors (Lipinski definition) is 3. The zero-order chi connectivity index (χ0) is 26.9. The third-order valence-electron chi connectivity index (χ3n) is 6.98. The molecular formula is C31H34ClFN2O3. The van der Waals surface area contributed by atoms with Gasteiger partial charge in [0.25, 0.3) is 5.91 Å². The van der Waals surface area contributed by atoms with E-state index < -0.39 is 6.04 Å². The second-order valence-corrected chi connectivity index (χ2v) is 10.3. The number of benzene rings is 3. The van der Waals surface area contributed by atoms with Crippen LogP contribution in [0.25, 0.3) is 0 Å². The van der Waals surface area contributed by atoms with Crippen LogP contribution < -0.4 is 10.1 Å². The first kappa shape index (κ1) is 27.6. The lowest BCUT2D eigenvalue weighted by molar-refractivity contribution is -0.143. The Morgan fingerprint density at radius 1 is 1.00 bits per heavy atom. The number of carbonyl (C=O) groups is 2. The third-order valence-corrected chi connectivity index (χ3v) is 7.40. The van der Waals surface area contributed by atoms with Crippen LogP contribution in [0.5, 0.6) is 5.75 Å². The van der Waals surface area contributed by atoms with Crippen molar-refractivity contribution in [1.29, 1.82) is 0 Å². The number of aryl methyl sites for hydroxylation is 1. The minimum absolute atomic E-state index is 0.102. The molecule has 0 aliphatic heterocycles. The Balaban J connectivity index is 1.60. The average Bonchev–Trinajstić information content (AvgIpc) is 2.93. The lowest BCUT2D eigenvalue weighted by atomic mass is 9.94. The first-order chi connectivity index (χ1) is 18.4. The van der Waals surface area contributed by atoms with Gasteiger partial charge in [0.05, 0.1) is 0 Å². The molecule has 2 amide bonds. The molecule has 1 saturated carbocycles. The third kappa shape index (κ3) is 7.81. The van der Waals surface area contributed by atoms with Crippen LogP contribution >= 0.6 is 11.6 Å². The Hall–Kier alpha value is -3.38. The van der Waals surface area contributed by atoms with E-state index in [2.05, 4.69) is 5.32 Å². The van der Waals surface area contributed by atoms with Gasteiger partial charge in [0.15, 0.2) is 6.61 Å². The van der Waals surface area contributed by atoms with Crippen LogP contribution in [0.4, 0.5) is 4.39 Å². The molecule has 4 rings (SSSR count). The van der Waals surface area contributed by atoms with Gasteiger partial charge in [-0.3, -0.25) is 9.59 Å². The Bertz CT molecular complexity index is 1210. The molecule has 1 N–H and O–H groups in total. The molecule has 1 aliphatic carbocycles. The van der Waals surface area contributed by atoms with E-state index in [9.17, 15) is 14.0 Å². The molecule has 0 aromatic heterocycles. The Kier molecular flexibility index (Phi) is 9.77. The van der Waals surface area contributed by atoms with Gasteiger partial charge in [-0.2, -0.15) is 0 Å². The van der Waals surface area contributed by atoms with Crippen molar-refractivity contribution in [3.05, 3.63) is 100 Å². The fraction of sp³-hybridized carbons (Fsp3) is 0.355. The lowest BCUT2D eigenvalue weighted by Crippen LogP contribution is -2.53. The molecule has 38 heavy (non-hydrogen) atoms. The van der Waals surface area contributed by atoms with E-state index >= 15 is 0 Å². The van der Waals surface area contributed by atoms with Gasteiger partial charge < -0.3 is 15.0 Å². The molecule has 0 spiro atoms. The van der Waals surface area contributed by atoms with E-state index in [0.717, 1.165) is 42.4 Å². The summed E-state index contributed by atoms with van der Waals surface area (Å²) in [6.45, 7) is 1.77. The van der Waals surface area contributed by atoms with Crippen molar-refractivity contribution < 1.29 is 18.7 Å². The van der Waals surface area contributed by atoms with Crippen LogP contribution in [0.1, 0.15) is 48.8 Å². The summed E-state index contributed by atoms with van der Waals surface area (Å²) in [7, 11) is 0. The summed E-state index contributed by atoms with van der Waals surface area (Å²) in [6.07, 6.45) is 5.58. The van der Waals surface area contributed by atoms with Crippen molar-refractivity contribution in [2.45, 2.75) is 64.1 Å². The number of hydrogen-bond donors (Lipinski definition) is 1. The second-order valence-electron chi connectivity index (χ2n) is 9.90. The van der Waals surface area contributed by atoms with Crippen LogP contribution in [-0.2, 0) is 22.6 Å². The largest absolute Gasteiger partial charge is 0.484 e. The highest BCUT2D eigenvalue weighted by Gasteiger charge is 2.32. The monoisotopic (exact) mass is 536 g/mol. The van der Waals surface area contributed by atoms with Gasteiger partial charge in [-0.1, -0.05) is 73.3 Å². The fourth-order valence-corrected chi connectivity index (χ4v) is 4.94. The Morgan fingerprint density at radius 3 is 2.39 bits per heavy atom. The zero-order valence-electron chi connectivity index (χ0n) is 21.7. The van der Waals surface area contributed by atoms with Crippen molar-refractivity contribution >= 4 is 23.4 Å². The van der Waals surface area contributed by atoms with Crippen LogP contribution in [0, 0.1) is 12.7 Å². The van der Waals surface area contributed by atoms with Gasteiger partial charge in [-0.25, -0.2) is 4.39 Å². The highest BCUT2D eigenvalue weighted by molar-refractivity contribution is 6.31. The normalized spacial score (nSPS) is 14.5. The summed E-state index contributed by atoms with van der Waals surface area (Å²) in [5.74, 6) is -0.350. The lowest BCUT2D eigenvalue weighted by Gasteiger charge is -2.33. The molecule has 1 fully saturated rings. The van der Waals surface area contributed by atoms with Crippen LogP contribution in [0.15, 0.2) is 72.8 Å². The molecule has 200 valence electrons. The topological polar surface area (TPSA) is 58.6 Å². The number of rotatable bonds is 10. The van der Waals surface area contributed by atoms with Crippen LogP contribution in [0.3, 0.4) is 0 Å². The van der Waals surface area contributed by atoms with Gasteiger partial charge in [-0.15, -0.1) is 0 Å². The van der Waals surface area contributed by atoms with Gasteiger partial charge in [0.1, 0.15) is 17.6 Å². The minimum Gasteiger partial charge on any atom is -0.484 e. The Morgan fingerprint density at radius 2 is 1.71 bits per heavy atom. The molecule has 7 heteroatoms. The highest BCUT2D eigenvalue weighted by Crippen LogP contribution is 2.22. The van der Waals surface area contributed by atoms with Gasteiger partial charge in [0, 0.05) is 24.0 Å². The van der Waals surface area contributed by atoms with E-state index in [4.69, 9.17) is 16.3 Å². The molecule has 0 saturated heterocycles.